The Morgan fingerprint density at radius 2 is 1.67 bits per heavy atom. The van der Waals surface area contributed by atoms with E-state index < -0.39 is 5.82 Å². The minimum Gasteiger partial charge on any atom is -0.454 e. The van der Waals surface area contributed by atoms with Crippen LogP contribution in [-0.2, 0) is 0 Å². The summed E-state index contributed by atoms with van der Waals surface area (Å²) in [5.74, 6) is 0.777. The van der Waals surface area contributed by atoms with E-state index >= 15 is 0 Å². The van der Waals surface area contributed by atoms with E-state index in [0.717, 1.165) is 5.56 Å². The standard InChI is InChI=1S/C16H10ClFN2O/c17-12-4-7-15(14(18)10-12)21-13-5-2-11(3-6-13)16-19-8-1-9-20-16/h1-10H. The molecule has 0 spiro atoms. The maximum Gasteiger partial charge on any atom is 0.167 e. The maximum absolute atomic E-state index is 13.7. The molecule has 0 aliphatic heterocycles. The van der Waals surface area contributed by atoms with Crippen molar-refractivity contribution in [1.82, 2.24) is 9.97 Å². The van der Waals surface area contributed by atoms with E-state index in [2.05, 4.69) is 9.97 Å². The zero-order valence-electron chi connectivity index (χ0n) is 10.8. The summed E-state index contributed by atoms with van der Waals surface area (Å²) in [5, 5.41) is 0.330. The van der Waals surface area contributed by atoms with Gasteiger partial charge in [0.05, 0.1) is 0 Å². The molecular weight excluding hydrogens is 291 g/mol. The van der Waals surface area contributed by atoms with Gasteiger partial charge in [-0.1, -0.05) is 11.6 Å². The van der Waals surface area contributed by atoms with Gasteiger partial charge in [0.1, 0.15) is 5.75 Å². The molecule has 0 saturated carbocycles. The van der Waals surface area contributed by atoms with E-state index in [1.807, 2.05) is 12.1 Å². The van der Waals surface area contributed by atoms with Gasteiger partial charge in [-0.05, 0) is 48.5 Å². The fourth-order valence-electron chi connectivity index (χ4n) is 1.81. The number of benzene rings is 2. The summed E-state index contributed by atoms with van der Waals surface area (Å²) in [6, 6.07) is 13.1. The summed E-state index contributed by atoms with van der Waals surface area (Å²) in [6.45, 7) is 0. The molecule has 0 aliphatic rings. The van der Waals surface area contributed by atoms with E-state index in [4.69, 9.17) is 16.3 Å². The Kier molecular flexibility index (Phi) is 3.79. The minimum absolute atomic E-state index is 0.128. The van der Waals surface area contributed by atoms with Crippen LogP contribution in [0.2, 0.25) is 5.02 Å². The van der Waals surface area contributed by atoms with E-state index in [9.17, 15) is 4.39 Å². The monoisotopic (exact) mass is 300 g/mol. The lowest BCUT2D eigenvalue weighted by Crippen LogP contribution is -1.89. The van der Waals surface area contributed by atoms with Crippen molar-refractivity contribution < 1.29 is 9.13 Å². The summed E-state index contributed by atoms with van der Waals surface area (Å²) in [7, 11) is 0. The van der Waals surface area contributed by atoms with Crippen LogP contribution in [0, 0.1) is 5.82 Å². The highest BCUT2D eigenvalue weighted by molar-refractivity contribution is 6.30. The average molecular weight is 301 g/mol. The molecule has 1 aromatic heterocycles. The van der Waals surface area contributed by atoms with Gasteiger partial charge in [0.25, 0.3) is 0 Å². The lowest BCUT2D eigenvalue weighted by molar-refractivity contribution is 0.442. The zero-order valence-corrected chi connectivity index (χ0v) is 11.6. The van der Waals surface area contributed by atoms with Crippen LogP contribution < -0.4 is 4.74 Å². The SMILES string of the molecule is Fc1cc(Cl)ccc1Oc1ccc(-c2ncccn2)cc1. The molecule has 2 aromatic carbocycles. The smallest absolute Gasteiger partial charge is 0.167 e. The second-order valence-corrected chi connectivity index (χ2v) is 4.71. The van der Waals surface area contributed by atoms with Crippen molar-refractivity contribution in [2.24, 2.45) is 0 Å². The third-order valence-electron chi connectivity index (χ3n) is 2.80. The molecule has 0 amide bonds. The average Bonchev–Trinajstić information content (AvgIpc) is 2.52. The first-order valence-corrected chi connectivity index (χ1v) is 6.60. The Morgan fingerprint density at radius 1 is 0.952 bits per heavy atom. The van der Waals surface area contributed by atoms with E-state index in [0.29, 0.717) is 16.6 Å². The third kappa shape index (κ3) is 3.17. The molecule has 0 saturated heterocycles. The molecule has 0 atom stereocenters. The number of ether oxygens (including phenoxy) is 1. The number of nitrogens with zero attached hydrogens (tertiary/aromatic N) is 2. The third-order valence-corrected chi connectivity index (χ3v) is 3.04. The number of hydrogen-bond donors (Lipinski definition) is 0. The summed E-state index contributed by atoms with van der Waals surface area (Å²) in [5.41, 5.74) is 0.861. The summed E-state index contributed by atoms with van der Waals surface area (Å²) in [4.78, 5) is 8.32. The van der Waals surface area contributed by atoms with Crippen LogP contribution in [-0.4, -0.2) is 9.97 Å². The molecule has 0 unspecified atom stereocenters. The van der Waals surface area contributed by atoms with Crippen molar-refractivity contribution in [1.29, 1.82) is 0 Å². The molecule has 0 bridgehead atoms. The highest BCUT2D eigenvalue weighted by Crippen LogP contribution is 2.27. The van der Waals surface area contributed by atoms with Gasteiger partial charge in [0.2, 0.25) is 0 Å². The lowest BCUT2D eigenvalue weighted by Gasteiger charge is -2.07. The Hall–Kier alpha value is -2.46. The second-order valence-electron chi connectivity index (χ2n) is 4.27. The highest BCUT2D eigenvalue weighted by Gasteiger charge is 2.06. The molecule has 104 valence electrons. The molecule has 5 heteroatoms. The minimum atomic E-state index is -0.502. The molecule has 0 aliphatic carbocycles. The van der Waals surface area contributed by atoms with Crippen molar-refractivity contribution in [2.45, 2.75) is 0 Å². The van der Waals surface area contributed by atoms with Gasteiger partial charge in [0.15, 0.2) is 17.4 Å². The normalized spacial score (nSPS) is 10.4. The van der Waals surface area contributed by atoms with Crippen LogP contribution in [0.1, 0.15) is 0 Å². The fourth-order valence-corrected chi connectivity index (χ4v) is 1.96. The van der Waals surface area contributed by atoms with Crippen LogP contribution in [0.15, 0.2) is 60.9 Å². The first-order chi connectivity index (χ1) is 10.2. The maximum atomic E-state index is 13.7. The van der Waals surface area contributed by atoms with Crippen molar-refractivity contribution in [3.05, 3.63) is 71.8 Å². The van der Waals surface area contributed by atoms with Gasteiger partial charge in [-0.3, -0.25) is 0 Å². The first-order valence-electron chi connectivity index (χ1n) is 6.23. The van der Waals surface area contributed by atoms with E-state index in [1.165, 1.54) is 12.1 Å². The Morgan fingerprint density at radius 3 is 2.33 bits per heavy atom. The summed E-state index contributed by atoms with van der Waals surface area (Å²) >= 11 is 5.70. The van der Waals surface area contributed by atoms with Crippen LogP contribution >= 0.6 is 11.6 Å². The highest BCUT2D eigenvalue weighted by atomic mass is 35.5. The Bertz CT molecular complexity index is 748. The fraction of sp³-hybridized carbons (Fsp3) is 0. The van der Waals surface area contributed by atoms with Crippen LogP contribution in [0.4, 0.5) is 4.39 Å². The van der Waals surface area contributed by atoms with E-state index in [-0.39, 0.29) is 5.75 Å². The Labute approximate surface area is 126 Å². The lowest BCUT2D eigenvalue weighted by atomic mass is 10.2. The van der Waals surface area contributed by atoms with Gasteiger partial charge >= 0.3 is 0 Å². The number of hydrogen-bond acceptors (Lipinski definition) is 3. The molecule has 0 fully saturated rings. The van der Waals surface area contributed by atoms with Crippen LogP contribution in [0.5, 0.6) is 11.5 Å². The molecule has 0 N–H and O–H groups in total. The number of rotatable bonds is 3. The zero-order chi connectivity index (χ0) is 14.7. The van der Waals surface area contributed by atoms with Crippen LogP contribution in [0.3, 0.4) is 0 Å². The molecule has 21 heavy (non-hydrogen) atoms. The van der Waals surface area contributed by atoms with Crippen molar-refractivity contribution in [3.63, 3.8) is 0 Å². The van der Waals surface area contributed by atoms with Gasteiger partial charge < -0.3 is 4.74 Å². The Balaban J connectivity index is 1.81. The predicted octanol–water partition coefficient (Wildman–Crippen LogP) is 4.73. The van der Waals surface area contributed by atoms with Crippen molar-refractivity contribution >= 4 is 11.6 Å². The van der Waals surface area contributed by atoms with Gasteiger partial charge in [-0.15, -0.1) is 0 Å². The quantitative estimate of drug-likeness (QED) is 0.701. The molecule has 3 nitrogen and oxygen atoms in total. The topological polar surface area (TPSA) is 35.0 Å². The van der Waals surface area contributed by atoms with Crippen molar-refractivity contribution in [2.75, 3.05) is 0 Å². The summed E-state index contributed by atoms with van der Waals surface area (Å²) in [6.07, 6.45) is 3.35. The van der Waals surface area contributed by atoms with Gasteiger partial charge in [0, 0.05) is 23.0 Å². The van der Waals surface area contributed by atoms with Crippen LogP contribution in [0.25, 0.3) is 11.4 Å². The molecule has 1 heterocycles. The largest absolute Gasteiger partial charge is 0.454 e. The molecular formula is C16H10ClFN2O. The number of aromatic nitrogens is 2. The predicted molar refractivity (Wildman–Crippen MR) is 79.0 cm³/mol. The second kappa shape index (κ2) is 5.89. The molecule has 0 radical (unpaired) electrons. The van der Waals surface area contributed by atoms with E-state index in [1.54, 1.807) is 36.7 Å². The molecule has 3 rings (SSSR count). The van der Waals surface area contributed by atoms with Crippen molar-refractivity contribution in [3.8, 4) is 22.9 Å². The molecule has 3 aromatic rings. The number of halogens is 2. The first kappa shape index (κ1) is 13.5. The van der Waals surface area contributed by atoms with Gasteiger partial charge in [-0.25, -0.2) is 14.4 Å². The summed E-state index contributed by atoms with van der Waals surface area (Å²) < 4.78 is 19.1. The van der Waals surface area contributed by atoms with Gasteiger partial charge in [-0.2, -0.15) is 0 Å².